The Morgan fingerprint density at radius 3 is 2.71 bits per heavy atom. The van der Waals surface area contributed by atoms with E-state index in [9.17, 15) is 4.79 Å². The van der Waals surface area contributed by atoms with Crippen LogP contribution >= 0.6 is 0 Å². The van der Waals surface area contributed by atoms with Crippen molar-refractivity contribution >= 4 is 5.97 Å². The smallest absolute Gasteiger partial charge is 0.320 e. The summed E-state index contributed by atoms with van der Waals surface area (Å²) in [5.41, 5.74) is 5.36. The van der Waals surface area contributed by atoms with Crippen LogP contribution in [0.5, 0.6) is 0 Å². The lowest BCUT2D eigenvalue weighted by Gasteiger charge is -2.14. The molecule has 0 aromatic carbocycles. The Balaban J connectivity index is 3.40. The van der Waals surface area contributed by atoms with Crippen LogP contribution in [0.15, 0.2) is 0 Å². The minimum absolute atomic E-state index is 0.141. The lowest BCUT2D eigenvalue weighted by Crippen LogP contribution is -2.29. The van der Waals surface area contributed by atoms with E-state index in [1.54, 1.807) is 0 Å². The Kier molecular flexibility index (Phi) is 8.57. The second-order valence-corrected chi connectivity index (χ2v) is 3.45. The van der Waals surface area contributed by atoms with Crippen molar-refractivity contribution in [1.29, 1.82) is 0 Å². The quantitative estimate of drug-likeness (QED) is 0.463. The molecule has 0 aliphatic carbocycles. The van der Waals surface area contributed by atoms with Gasteiger partial charge < -0.3 is 10.5 Å². The molecule has 0 saturated heterocycles. The molecule has 0 saturated carbocycles. The average molecular weight is 202 g/mol. The van der Waals surface area contributed by atoms with Gasteiger partial charge in [-0.25, -0.2) is 0 Å². The normalized spacial score (nSPS) is 10.6. The molecule has 0 fully saturated rings. The van der Waals surface area contributed by atoms with E-state index in [0.29, 0.717) is 19.7 Å². The molecule has 0 aliphatic heterocycles. The zero-order valence-electron chi connectivity index (χ0n) is 9.29. The number of esters is 1. The van der Waals surface area contributed by atoms with Crippen molar-refractivity contribution < 1.29 is 9.53 Å². The number of nitrogens with two attached hydrogens (primary N) is 1. The Hall–Kier alpha value is -0.610. The van der Waals surface area contributed by atoms with Crippen molar-refractivity contribution in [2.24, 2.45) is 5.73 Å². The summed E-state index contributed by atoms with van der Waals surface area (Å²) in [5, 5.41) is 0. The van der Waals surface area contributed by atoms with Crippen molar-refractivity contribution in [2.45, 2.75) is 26.2 Å². The van der Waals surface area contributed by atoms with Gasteiger partial charge in [-0.1, -0.05) is 13.3 Å². The van der Waals surface area contributed by atoms with Gasteiger partial charge in [-0.05, 0) is 33.0 Å². The molecule has 0 aromatic heterocycles. The summed E-state index contributed by atoms with van der Waals surface area (Å²) < 4.78 is 5.02. The van der Waals surface area contributed by atoms with Gasteiger partial charge >= 0.3 is 5.97 Å². The maximum absolute atomic E-state index is 11.2. The zero-order valence-corrected chi connectivity index (χ0v) is 9.29. The number of hydrogen-bond donors (Lipinski definition) is 1. The number of unbranched alkanes of at least 4 members (excludes halogenated alkanes) is 1. The number of carbonyl (C=O) groups excluding carboxylic acids is 1. The summed E-state index contributed by atoms with van der Waals surface area (Å²) in [7, 11) is 1.90. The molecule has 4 nitrogen and oxygen atoms in total. The fourth-order valence-electron chi connectivity index (χ4n) is 1.04. The maximum atomic E-state index is 11.2. The number of carbonyl (C=O) groups is 1. The SMILES string of the molecule is CCCCOC(=O)CN(C)CCCN. The van der Waals surface area contributed by atoms with Crippen LogP contribution in [-0.4, -0.2) is 44.2 Å². The summed E-state index contributed by atoms with van der Waals surface area (Å²) in [4.78, 5) is 13.1. The highest BCUT2D eigenvalue weighted by molar-refractivity contribution is 5.71. The van der Waals surface area contributed by atoms with Crippen LogP contribution in [0.1, 0.15) is 26.2 Å². The van der Waals surface area contributed by atoms with Crippen LogP contribution in [-0.2, 0) is 9.53 Å². The molecule has 0 rings (SSSR count). The fourth-order valence-corrected chi connectivity index (χ4v) is 1.04. The summed E-state index contributed by atoms with van der Waals surface area (Å²) in [5.74, 6) is -0.141. The van der Waals surface area contributed by atoms with Crippen LogP contribution < -0.4 is 5.73 Å². The third-order valence-electron chi connectivity index (χ3n) is 1.90. The van der Waals surface area contributed by atoms with Crippen molar-refractivity contribution in [3.63, 3.8) is 0 Å². The van der Waals surface area contributed by atoms with E-state index in [2.05, 4.69) is 6.92 Å². The third kappa shape index (κ3) is 8.01. The molecule has 0 bridgehead atoms. The van der Waals surface area contributed by atoms with E-state index in [4.69, 9.17) is 10.5 Å². The Morgan fingerprint density at radius 2 is 2.14 bits per heavy atom. The summed E-state index contributed by atoms with van der Waals surface area (Å²) in [6.07, 6.45) is 2.91. The Morgan fingerprint density at radius 1 is 1.43 bits per heavy atom. The lowest BCUT2D eigenvalue weighted by atomic mass is 10.3. The molecule has 4 heteroatoms. The number of ether oxygens (including phenoxy) is 1. The van der Waals surface area contributed by atoms with E-state index in [0.717, 1.165) is 25.8 Å². The molecule has 0 heterocycles. The van der Waals surface area contributed by atoms with Gasteiger partial charge in [-0.2, -0.15) is 0 Å². The van der Waals surface area contributed by atoms with E-state index >= 15 is 0 Å². The molecule has 0 unspecified atom stereocenters. The molecular formula is C10H22N2O2. The highest BCUT2D eigenvalue weighted by Gasteiger charge is 2.06. The van der Waals surface area contributed by atoms with Gasteiger partial charge in [0.05, 0.1) is 13.2 Å². The van der Waals surface area contributed by atoms with Crippen LogP contribution in [0, 0.1) is 0 Å². The first-order valence-electron chi connectivity index (χ1n) is 5.25. The van der Waals surface area contributed by atoms with E-state index < -0.39 is 0 Å². The average Bonchev–Trinajstić information content (AvgIpc) is 2.15. The molecule has 0 spiro atoms. The van der Waals surface area contributed by atoms with Crippen molar-refractivity contribution in [3.05, 3.63) is 0 Å². The zero-order chi connectivity index (χ0) is 10.8. The van der Waals surface area contributed by atoms with Gasteiger partial charge in [-0.15, -0.1) is 0 Å². The lowest BCUT2D eigenvalue weighted by molar-refractivity contribution is -0.144. The second-order valence-electron chi connectivity index (χ2n) is 3.45. The van der Waals surface area contributed by atoms with Crippen molar-refractivity contribution in [2.75, 3.05) is 33.3 Å². The van der Waals surface area contributed by atoms with Gasteiger partial charge in [0, 0.05) is 0 Å². The van der Waals surface area contributed by atoms with Crippen molar-refractivity contribution in [1.82, 2.24) is 4.90 Å². The van der Waals surface area contributed by atoms with Crippen LogP contribution in [0.4, 0.5) is 0 Å². The van der Waals surface area contributed by atoms with E-state index in [-0.39, 0.29) is 5.97 Å². The molecule has 0 aliphatic rings. The number of hydrogen-bond acceptors (Lipinski definition) is 4. The first kappa shape index (κ1) is 13.4. The van der Waals surface area contributed by atoms with Gasteiger partial charge in [0.2, 0.25) is 0 Å². The molecule has 0 aromatic rings. The Bertz CT molecular complexity index is 151. The van der Waals surface area contributed by atoms with Crippen LogP contribution in [0.2, 0.25) is 0 Å². The monoisotopic (exact) mass is 202 g/mol. The van der Waals surface area contributed by atoms with E-state index in [1.807, 2.05) is 11.9 Å². The summed E-state index contributed by atoms with van der Waals surface area (Å²) in [6, 6.07) is 0. The highest BCUT2D eigenvalue weighted by Crippen LogP contribution is 1.91. The molecular weight excluding hydrogens is 180 g/mol. The number of likely N-dealkylation sites (N-methyl/N-ethyl adjacent to an activating group) is 1. The van der Waals surface area contributed by atoms with Crippen molar-refractivity contribution in [3.8, 4) is 0 Å². The molecule has 2 N–H and O–H groups in total. The standard InChI is InChI=1S/C10H22N2O2/c1-3-4-8-14-10(13)9-12(2)7-5-6-11/h3-9,11H2,1-2H3. The van der Waals surface area contributed by atoms with Gasteiger partial charge in [0.15, 0.2) is 0 Å². The predicted octanol–water partition coefficient (Wildman–Crippen LogP) is 0.610. The van der Waals surface area contributed by atoms with Gasteiger partial charge in [0.1, 0.15) is 0 Å². The molecule has 84 valence electrons. The number of rotatable bonds is 8. The molecule has 14 heavy (non-hydrogen) atoms. The summed E-state index contributed by atoms with van der Waals surface area (Å²) in [6.45, 7) is 4.49. The minimum Gasteiger partial charge on any atom is -0.465 e. The third-order valence-corrected chi connectivity index (χ3v) is 1.90. The largest absolute Gasteiger partial charge is 0.465 e. The molecule has 0 atom stereocenters. The molecule has 0 amide bonds. The first-order valence-corrected chi connectivity index (χ1v) is 5.25. The highest BCUT2D eigenvalue weighted by atomic mass is 16.5. The van der Waals surface area contributed by atoms with Crippen LogP contribution in [0.25, 0.3) is 0 Å². The minimum atomic E-state index is -0.141. The first-order chi connectivity index (χ1) is 6.70. The van der Waals surface area contributed by atoms with Crippen LogP contribution in [0.3, 0.4) is 0 Å². The second kappa shape index (κ2) is 8.97. The van der Waals surface area contributed by atoms with Gasteiger partial charge in [-0.3, -0.25) is 9.69 Å². The Labute approximate surface area is 86.4 Å². The topological polar surface area (TPSA) is 55.6 Å². The molecule has 0 radical (unpaired) electrons. The summed E-state index contributed by atoms with van der Waals surface area (Å²) >= 11 is 0. The maximum Gasteiger partial charge on any atom is 0.320 e. The number of nitrogens with zero attached hydrogens (tertiary/aromatic N) is 1. The van der Waals surface area contributed by atoms with E-state index in [1.165, 1.54) is 0 Å². The predicted molar refractivity (Wildman–Crippen MR) is 57.0 cm³/mol. The fraction of sp³-hybridized carbons (Fsp3) is 0.900. The van der Waals surface area contributed by atoms with Gasteiger partial charge in [0.25, 0.3) is 0 Å².